The second-order valence-electron chi connectivity index (χ2n) is 3.78. The Balaban J connectivity index is 3.94. The van der Waals surface area contributed by atoms with Crippen LogP contribution < -0.4 is 0 Å². The summed E-state index contributed by atoms with van der Waals surface area (Å²) in [6.07, 6.45) is 0.0953. The van der Waals surface area contributed by atoms with Crippen LogP contribution in [-0.2, 0) is 14.2 Å². The molecular formula is C12H22O3. The summed E-state index contributed by atoms with van der Waals surface area (Å²) in [7, 11) is 1.64. The maximum atomic E-state index is 5.60. The van der Waals surface area contributed by atoms with Gasteiger partial charge in [-0.2, -0.15) is 0 Å². The molecule has 1 atom stereocenters. The molecule has 0 N–H and O–H groups in total. The molecule has 0 fully saturated rings. The fourth-order valence-corrected chi connectivity index (χ4v) is 1.01. The van der Waals surface area contributed by atoms with Crippen molar-refractivity contribution in [3.05, 3.63) is 24.5 Å². The first-order chi connectivity index (χ1) is 6.97. The van der Waals surface area contributed by atoms with E-state index in [1.165, 1.54) is 0 Å². The van der Waals surface area contributed by atoms with Crippen LogP contribution in [0.25, 0.3) is 0 Å². The van der Waals surface area contributed by atoms with Crippen molar-refractivity contribution in [1.29, 1.82) is 0 Å². The van der Waals surface area contributed by atoms with Crippen LogP contribution in [0.4, 0.5) is 0 Å². The Morgan fingerprint density at radius 3 is 2.20 bits per heavy atom. The molecule has 0 aromatic carbocycles. The zero-order valence-electron chi connectivity index (χ0n) is 10.2. The zero-order chi connectivity index (χ0) is 11.8. The van der Waals surface area contributed by atoms with Crippen molar-refractivity contribution in [2.24, 2.45) is 0 Å². The standard InChI is InChI=1S/C12H22O3/c1-9(2)11(5)14-8-12(7-13-6)15-10(3)4/h10,12H,1,5,7-8H2,2-4,6H3. The van der Waals surface area contributed by atoms with Crippen LogP contribution in [0.3, 0.4) is 0 Å². The molecular weight excluding hydrogens is 192 g/mol. The molecule has 15 heavy (non-hydrogen) atoms. The van der Waals surface area contributed by atoms with Crippen molar-refractivity contribution in [3.63, 3.8) is 0 Å². The third-order valence-corrected chi connectivity index (χ3v) is 1.74. The molecule has 0 rings (SSSR count). The molecule has 0 bridgehead atoms. The molecule has 0 aromatic heterocycles. The Morgan fingerprint density at radius 1 is 1.20 bits per heavy atom. The molecule has 0 spiro atoms. The normalized spacial score (nSPS) is 12.6. The van der Waals surface area contributed by atoms with Crippen molar-refractivity contribution in [3.8, 4) is 0 Å². The molecule has 0 saturated heterocycles. The summed E-state index contributed by atoms with van der Waals surface area (Å²) in [5.41, 5.74) is 0.829. The van der Waals surface area contributed by atoms with Gasteiger partial charge in [0.15, 0.2) is 0 Å². The predicted molar refractivity (Wildman–Crippen MR) is 61.8 cm³/mol. The quantitative estimate of drug-likeness (QED) is 0.459. The van der Waals surface area contributed by atoms with E-state index in [9.17, 15) is 0 Å². The highest BCUT2D eigenvalue weighted by Gasteiger charge is 2.12. The van der Waals surface area contributed by atoms with E-state index in [0.29, 0.717) is 19.0 Å². The van der Waals surface area contributed by atoms with Gasteiger partial charge in [0, 0.05) is 7.11 Å². The highest BCUT2D eigenvalue weighted by molar-refractivity contribution is 5.15. The SMILES string of the molecule is C=C(C)C(=C)OCC(COC)OC(C)C. The van der Waals surface area contributed by atoms with E-state index >= 15 is 0 Å². The maximum absolute atomic E-state index is 5.60. The Morgan fingerprint density at radius 2 is 1.80 bits per heavy atom. The van der Waals surface area contributed by atoms with Crippen LogP contribution in [-0.4, -0.2) is 32.5 Å². The second-order valence-corrected chi connectivity index (χ2v) is 3.78. The van der Waals surface area contributed by atoms with E-state index in [0.717, 1.165) is 5.57 Å². The minimum absolute atomic E-state index is 0.0638. The summed E-state index contributed by atoms with van der Waals surface area (Å²) < 4.78 is 16.1. The third kappa shape index (κ3) is 7.17. The molecule has 1 unspecified atom stereocenters. The van der Waals surface area contributed by atoms with Crippen molar-refractivity contribution in [1.82, 2.24) is 0 Å². The third-order valence-electron chi connectivity index (χ3n) is 1.74. The first-order valence-electron chi connectivity index (χ1n) is 5.09. The van der Waals surface area contributed by atoms with Gasteiger partial charge in [-0.3, -0.25) is 0 Å². The Kier molecular flexibility index (Phi) is 7.09. The first kappa shape index (κ1) is 14.2. The molecule has 0 radical (unpaired) electrons. The van der Waals surface area contributed by atoms with Crippen LogP contribution in [0.1, 0.15) is 20.8 Å². The summed E-state index contributed by atoms with van der Waals surface area (Å²) in [6.45, 7) is 14.3. The van der Waals surface area contributed by atoms with Crippen LogP contribution in [0.2, 0.25) is 0 Å². The van der Waals surface area contributed by atoms with Gasteiger partial charge < -0.3 is 14.2 Å². The predicted octanol–water partition coefficient (Wildman–Crippen LogP) is 2.53. The number of hydrogen-bond acceptors (Lipinski definition) is 3. The smallest absolute Gasteiger partial charge is 0.117 e. The highest BCUT2D eigenvalue weighted by atomic mass is 16.6. The fraction of sp³-hybridized carbons (Fsp3) is 0.667. The molecule has 0 amide bonds. The lowest BCUT2D eigenvalue weighted by molar-refractivity contribution is -0.0631. The van der Waals surface area contributed by atoms with E-state index in [-0.39, 0.29) is 12.2 Å². The van der Waals surface area contributed by atoms with Crippen molar-refractivity contribution >= 4 is 0 Å². The lowest BCUT2D eigenvalue weighted by Gasteiger charge is -2.20. The van der Waals surface area contributed by atoms with E-state index in [1.807, 2.05) is 20.8 Å². The van der Waals surface area contributed by atoms with Crippen molar-refractivity contribution in [2.75, 3.05) is 20.3 Å². The zero-order valence-corrected chi connectivity index (χ0v) is 10.2. The molecule has 3 nitrogen and oxygen atoms in total. The van der Waals surface area contributed by atoms with Gasteiger partial charge in [0.2, 0.25) is 0 Å². The average molecular weight is 214 g/mol. The number of hydrogen-bond donors (Lipinski definition) is 0. The van der Waals surface area contributed by atoms with Crippen molar-refractivity contribution < 1.29 is 14.2 Å². The van der Waals surface area contributed by atoms with Gasteiger partial charge in [-0.1, -0.05) is 13.2 Å². The molecule has 0 aromatic rings. The largest absolute Gasteiger partial charge is 0.491 e. The first-order valence-corrected chi connectivity index (χ1v) is 5.09. The number of allylic oxidation sites excluding steroid dienone is 1. The number of ether oxygens (including phenoxy) is 3. The van der Waals surface area contributed by atoms with Crippen LogP contribution in [0, 0.1) is 0 Å². The molecule has 0 aliphatic rings. The van der Waals surface area contributed by atoms with Crippen molar-refractivity contribution in [2.45, 2.75) is 33.0 Å². The summed E-state index contributed by atoms with van der Waals surface area (Å²) in [6, 6.07) is 0. The fourth-order valence-electron chi connectivity index (χ4n) is 1.01. The summed E-state index contributed by atoms with van der Waals surface area (Å²) >= 11 is 0. The second kappa shape index (κ2) is 7.49. The molecule has 0 aliphatic heterocycles. The van der Waals surface area contributed by atoms with Gasteiger partial charge >= 0.3 is 0 Å². The van der Waals surface area contributed by atoms with Crippen LogP contribution in [0.5, 0.6) is 0 Å². The Hall–Kier alpha value is -0.800. The van der Waals surface area contributed by atoms with E-state index in [1.54, 1.807) is 7.11 Å². The van der Waals surface area contributed by atoms with E-state index < -0.39 is 0 Å². The molecule has 3 heteroatoms. The summed E-state index contributed by atoms with van der Waals surface area (Å²) in [5.74, 6) is 0.600. The minimum Gasteiger partial charge on any atom is -0.491 e. The van der Waals surface area contributed by atoms with E-state index in [2.05, 4.69) is 13.2 Å². The van der Waals surface area contributed by atoms with E-state index in [4.69, 9.17) is 14.2 Å². The van der Waals surface area contributed by atoms with Gasteiger partial charge in [0.1, 0.15) is 18.5 Å². The molecule has 88 valence electrons. The number of methoxy groups -OCH3 is 1. The molecule has 0 aliphatic carbocycles. The highest BCUT2D eigenvalue weighted by Crippen LogP contribution is 2.08. The Labute approximate surface area is 92.7 Å². The van der Waals surface area contributed by atoms with Gasteiger partial charge in [0.05, 0.1) is 12.7 Å². The molecule has 0 heterocycles. The van der Waals surface area contributed by atoms with Crippen LogP contribution >= 0.6 is 0 Å². The number of rotatable bonds is 8. The summed E-state index contributed by atoms with van der Waals surface area (Å²) in [5, 5.41) is 0. The monoisotopic (exact) mass is 214 g/mol. The van der Waals surface area contributed by atoms with Gasteiger partial charge in [-0.05, 0) is 26.3 Å². The summed E-state index contributed by atoms with van der Waals surface area (Å²) in [4.78, 5) is 0. The Bertz CT molecular complexity index is 209. The van der Waals surface area contributed by atoms with Gasteiger partial charge in [-0.25, -0.2) is 0 Å². The average Bonchev–Trinajstić information content (AvgIpc) is 2.13. The lowest BCUT2D eigenvalue weighted by atomic mass is 10.3. The topological polar surface area (TPSA) is 27.7 Å². The maximum Gasteiger partial charge on any atom is 0.117 e. The molecule has 0 saturated carbocycles. The van der Waals surface area contributed by atoms with Gasteiger partial charge in [0.25, 0.3) is 0 Å². The van der Waals surface area contributed by atoms with Gasteiger partial charge in [-0.15, -0.1) is 0 Å². The minimum atomic E-state index is -0.0638. The van der Waals surface area contributed by atoms with Crippen LogP contribution in [0.15, 0.2) is 24.5 Å². The lowest BCUT2D eigenvalue weighted by Crippen LogP contribution is -2.27.